The molecule has 10 nitrogen and oxygen atoms in total. The summed E-state index contributed by atoms with van der Waals surface area (Å²) in [6.07, 6.45) is -1.13. The van der Waals surface area contributed by atoms with Crippen LogP contribution in [0, 0.1) is 0 Å². The smallest absolute Gasteiger partial charge is 0.408 e. The third kappa shape index (κ3) is 13.1. The predicted molar refractivity (Wildman–Crippen MR) is 120 cm³/mol. The van der Waals surface area contributed by atoms with E-state index in [-0.39, 0.29) is 37.9 Å². The number of benzene rings is 1. The van der Waals surface area contributed by atoms with Crippen molar-refractivity contribution in [1.29, 1.82) is 0 Å². The molecule has 0 aliphatic rings. The Morgan fingerprint density at radius 2 is 1.28 bits per heavy atom. The van der Waals surface area contributed by atoms with Crippen molar-refractivity contribution in [2.24, 2.45) is 0 Å². The van der Waals surface area contributed by atoms with Crippen molar-refractivity contribution < 1.29 is 28.7 Å². The normalized spacial score (nSPS) is 11.2. The lowest BCUT2D eigenvalue weighted by molar-refractivity contribution is -0.120. The minimum Gasteiger partial charge on any atom is -0.444 e. The number of alkyl carbamates (subject to hydrolysis) is 2. The van der Waals surface area contributed by atoms with Crippen LogP contribution in [0.2, 0.25) is 0 Å². The fourth-order valence-electron chi connectivity index (χ4n) is 2.25. The molecule has 178 valence electrons. The Bertz CT molecular complexity index is 794. The fraction of sp³-hybridized carbons (Fsp3) is 0.545. The Morgan fingerprint density at radius 1 is 0.750 bits per heavy atom. The number of hydrogen-bond acceptors (Lipinski definition) is 6. The number of rotatable bonds is 8. The van der Waals surface area contributed by atoms with Crippen LogP contribution in [-0.2, 0) is 25.6 Å². The minimum atomic E-state index is -0.658. The SMILES string of the molecule is CC(C)(C)OC(=O)NCCC(=O)Nc1ccc(CNC(=O)CNC(=O)OC(C)(C)C)cc1. The number of carbonyl (C=O) groups excluding carboxylic acids is 4. The van der Waals surface area contributed by atoms with E-state index in [1.807, 2.05) is 0 Å². The number of nitrogens with one attached hydrogen (secondary N) is 4. The molecule has 0 saturated carbocycles. The molecule has 1 aromatic rings. The van der Waals surface area contributed by atoms with Gasteiger partial charge in [0, 0.05) is 25.2 Å². The maximum atomic E-state index is 12.0. The highest BCUT2D eigenvalue weighted by Gasteiger charge is 2.17. The first-order valence-corrected chi connectivity index (χ1v) is 10.3. The van der Waals surface area contributed by atoms with Gasteiger partial charge in [0.15, 0.2) is 0 Å². The van der Waals surface area contributed by atoms with Gasteiger partial charge in [-0.2, -0.15) is 0 Å². The van der Waals surface area contributed by atoms with E-state index in [1.165, 1.54) is 0 Å². The molecular formula is C22H34N4O6. The third-order valence-corrected chi connectivity index (χ3v) is 3.54. The molecule has 0 heterocycles. The van der Waals surface area contributed by atoms with Gasteiger partial charge in [0.25, 0.3) is 0 Å². The Labute approximate surface area is 188 Å². The molecule has 0 unspecified atom stereocenters. The van der Waals surface area contributed by atoms with E-state index in [0.717, 1.165) is 5.56 Å². The van der Waals surface area contributed by atoms with E-state index in [0.29, 0.717) is 5.69 Å². The third-order valence-electron chi connectivity index (χ3n) is 3.54. The molecule has 1 aromatic carbocycles. The van der Waals surface area contributed by atoms with Gasteiger partial charge in [-0.15, -0.1) is 0 Å². The summed E-state index contributed by atoms with van der Waals surface area (Å²) in [6.45, 7) is 10.7. The fourth-order valence-corrected chi connectivity index (χ4v) is 2.25. The van der Waals surface area contributed by atoms with Crippen molar-refractivity contribution in [3.63, 3.8) is 0 Å². The quantitative estimate of drug-likeness (QED) is 0.481. The number of carbonyl (C=O) groups is 4. The molecule has 0 saturated heterocycles. The molecule has 1 rings (SSSR count). The number of hydrogen-bond donors (Lipinski definition) is 4. The average Bonchev–Trinajstić information content (AvgIpc) is 2.63. The van der Waals surface area contributed by atoms with E-state index < -0.39 is 23.4 Å². The van der Waals surface area contributed by atoms with Gasteiger partial charge in [-0.3, -0.25) is 9.59 Å². The highest BCUT2D eigenvalue weighted by atomic mass is 16.6. The first-order chi connectivity index (χ1) is 14.7. The molecule has 0 fully saturated rings. The van der Waals surface area contributed by atoms with Crippen molar-refractivity contribution in [1.82, 2.24) is 16.0 Å². The summed E-state index contributed by atoms with van der Waals surface area (Å²) in [4.78, 5) is 46.9. The topological polar surface area (TPSA) is 135 Å². The zero-order valence-electron chi connectivity index (χ0n) is 19.6. The Balaban J connectivity index is 2.31. The van der Waals surface area contributed by atoms with Crippen LogP contribution in [0.15, 0.2) is 24.3 Å². The van der Waals surface area contributed by atoms with Crippen LogP contribution >= 0.6 is 0 Å². The summed E-state index contributed by atoms with van der Waals surface area (Å²) in [5, 5.41) is 10.3. The van der Waals surface area contributed by atoms with Gasteiger partial charge in [-0.05, 0) is 59.2 Å². The number of anilines is 1. The maximum absolute atomic E-state index is 12.0. The number of amides is 4. The van der Waals surface area contributed by atoms with Gasteiger partial charge >= 0.3 is 12.2 Å². The van der Waals surface area contributed by atoms with Crippen molar-refractivity contribution in [2.45, 2.75) is 65.7 Å². The molecule has 0 spiro atoms. The largest absolute Gasteiger partial charge is 0.444 e. The lowest BCUT2D eigenvalue weighted by Crippen LogP contribution is -2.39. The van der Waals surface area contributed by atoms with Crippen LogP contribution in [0.25, 0.3) is 0 Å². The zero-order valence-corrected chi connectivity index (χ0v) is 19.6. The molecule has 10 heteroatoms. The van der Waals surface area contributed by atoms with E-state index >= 15 is 0 Å². The summed E-state index contributed by atoms with van der Waals surface area (Å²) in [5.41, 5.74) is 0.184. The lowest BCUT2D eigenvalue weighted by atomic mass is 10.2. The van der Waals surface area contributed by atoms with Crippen LogP contribution in [0.1, 0.15) is 53.5 Å². The number of ether oxygens (including phenoxy) is 2. The molecule has 0 aromatic heterocycles. The zero-order chi connectivity index (χ0) is 24.4. The molecule has 0 atom stereocenters. The maximum Gasteiger partial charge on any atom is 0.408 e. The van der Waals surface area contributed by atoms with Crippen LogP contribution in [0.4, 0.5) is 15.3 Å². The van der Waals surface area contributed by atoms with Crippen molar-refractivity contribution >= 4 is 29.7 Å². The van der Waals surface area contributed by atoms with Gasteiger partial charge < -0.3 is 30.7 Å². The molecule has 0 bridgehead atoms. The van der Waals surface area contributed by atoms with E-state index in [2.05, 4.69) is 21.3 Å². The van der Waals surface area contributed by atoms with Crippen LogP contribution in [0.5, 0.6) is 0 Å². The minimum absolute atomic E-state index is 0.0989. The summed E-state index contributed by atoms with van der Waals surface area (Å²) in [5.74, 6) is -0.610. The lowest BCUT2D eigenvalue weighted by Gasteiger charge is -2.19. The first kappa shape index (κ1) is 26.7. The molecule has 4 N–H and O–H groups in total. The summed E-state index contributed by atoms with van der Waals surface area (Å²) < 4.78 is 10.2. The second-order valence-electron chi connectivity index (χ2n) is 9.06. The van der Waals surface area contributed by atoms with Gasteiger partial charge in [0.05, 0.1) is 0 Å². The second-order valence-corrected chi connectivity index (χ2v) is 9.06. The van der Waals surface area contributed by atoms with Gasteiger partial charge in [0.2, 0.25) is 11.8 Å². The van der Waals surface area contributed by atoms with Crippen LogP contribution in [0.3, 0.4) is 0 Å². The molecular weight excluding hydrogens is 416 g/mol. The van der Waals surface area contributed by atoms with E-state index in [4.69, 9.17) is 9.47 Å². The molecule has 0 radical (unpaired) electrons. The first-order valence-electron chi connectivity index (χ1n) is 10.3. The summed E-state index contributed by atoms with van der Waals surface area (Å²) in [7, 11) is 0. The van der Waals surface area contributed by atoms with Crippen molar-refractivity contribution in [3.05, 3.63) is 29.8 Å². The van der Waals surface area contributed by atoms with Gasteiger partial charge in [-0.25, -0.2) is 9.59 Å². The monoisotopic (exact) mass is 450 g/mol. The standard InChI is InChI=1S/C22H34N4O6/c1-21(2,3)31-19(29)23-12-11-17(27)26-16-9-7-15(8-10-16)13-24-18(28)14-25-20(30)32-22(4,5)6/h7-10H,11-14H2,1-6H3,(H,23,29)(H,24,28)(H,25,30)(H,26,27). The molecule has 0 aliphatic heterocycles. The Kier molecular flexibility index (Phi) is 9.96. The average molecular weight is 451 g/mol. The van der Waals surface area contributed by atoms with Crippen molar-refractivity contribution in [2.75, 3.05) is 18.4 Å². The van der Waals surface area contributed by atoms with Gasteiger partial charge in [0.1, 0.15) is 17.7 Å². The summed E-state index contributed by atoms with van der Waals surface area (Å²) in [6, 6.07) is 6.94. The van der Waals surface area contributed by atoms with Crippen LogP contribution in [-0.4, -0.2) is 48.3 Å². The Morgan fingerprint density at radius 3 is 1.81 bits per heavy atom. The Hall–Kier alpha value is -3.30. The molecule has 32 heavy (non-hydrogen) atoms. The second kappa shape index (κ2) is 11.9. The molecule has 4 amide bonds. The highest BCUT2D eigenvalue weighted by molar-refractivity contribution is 5.91. The van der Waals surface area contributed by atoms with Gasteiger partial charge in [-0.1, -0.05) is 12.1 Å². The summed E-state index contributed by atoms with van der Waals surface area (Å²) >= 11 is 0. The molecule has 0 aliphatic carbocycles. The van der Waals surface area contributed by atoms with E-state index in [9.17, 15) is 19.2 Å². The van der Waals surface area contributed by atoms with E-state index in [1.54, 1.807) is 65.8 Å². The van der Waals surface area contributed by atoms with Crippen LogP contribution < -0.4 is 21.3 Å². The highest BCUT2D eigenvalue weighted by Crippen LogP contribution is 2.10. The predicted octanol–water partition coefficient (Wildman–Crippen LogP) is 2.68. The van der Waals surface area contributed by atoms with Crippen molar-refractivity contribution in [3.8, 4) is 0 Å².